The van der Waals surface area contributed by atoms with E-state index >= 15 is 0 Å². The summed E-state index contributed by atoms with van der Waals surface area (Å²) in [5.41, 5.74) is 2.81. The minimum absolute atomic E-state index is 0.0169. The number of rotatable bonds is 5. The van der Waals surface area contributed by atoms with E-state index in [0.717, 1.165) is 11.1 Å². The van der Waals surface area contributed by atoms with Gasteiger partial charge in [0.1, 0.15) is 6.10 Å². The van der Waals surface area contributed by atoms with Crippen molar-refractivity contribution in [2.45, 2.75) is 25.5 Å². The molecule has 0 saturated heterocycles. The van der Waals surface area contributed by atoms with E-state index in [4.69, 9.17) is 4.74 Å². The number of esters is 1. The van der Waals surface area contributed by atoms with Gasteiger partial charge in [-0.15, -0.1) is 0 Å². The lowest BCUT2D eigenvalue weighted by Gasteiger charge is -2.14. The van der Waals surface area contributed by atoms with Gasteiger partial charge in [0.2, 0.25) is 0 Å². The molecular formula is C19H19NO3. The number of carbonyl (C=O) groups excluding carboxylic acids is 2. The zero-order valence-electron chi connectivity index (χ0n) is 13.0. The molecule has 0 heterocycles. The number of Topliss-reactive ketones (excluding diaryl/α,β-unsaturated/α-hetero) is 1. The van der Waals surface area contributed by atoms with Crippen LogP contribution in [0.4, 0.5) is 0 Å². The Morgan fingerprint density at radius 1 is 1.04 bits per heavy atom. The number of hydrogen-bond acceptors (Lipinski definition) is 4. The summed E-state index contributed by atoms with van der Waals surface area (Å²) in [6, 6.07) is 17.1. The van der Waals surface area contributed by atoms with Gasteiger partial charge in [0.25, 0.3) is 0 Å². The van der Waals surface area contributed by atoms with Gasteiger partial charge in [-0.25, -0.2) is 0 Å². The molecule has 0 radical (unpaired) electrons. The molecule has 4 heteroatoms. The Hall–Kier alpha value is -2.46. The Bertz CT molecular complexity index is 712. The smallest absolute Gasteiger partial charge is 0.303 e. The second kappa shape index (κ2) is 6.75. The summed E-state index contributed by atoms with van der Waals surface area (Å²) in [6.07, 6.45) is 0.411. The zero-order valence-corrected chi connectivity index (χ0v) is 13.0. The molecule has 0 spiro atoms. The lowest BCUT2D eigenvalue weighted by atomic mass is 10.1. The van der Waals surface area contributed by atoms with Crippen LogP contribution in [0.2, 0.25) is 0 Å². The first-order valence-electron chi connectivity index (χ1n) is 7.73. The molecule has 0 fully saturated rings. The van der Waals surface area contributed by atoms with Gasteiger partial charge in [-0.1, -0.05) is 54.6 Å². The van der Waals surface area contributed by atoms with E-state index in [1.807, 2.05) is 54.6 Å². The highest BCUT2D eigenvalue weighted by molar-refractivity contribution is 5.97. The van der Waals surface area contributed by atoms with Crippen molar-refractivity contribution in [3.05, 3.63) is 71.3 Å². The molecule has 1 aliphatic rings. The summed E-state index contributed by atoms with van der Waals surface area (Å²) in [5.74, 6) is -0.232. The van der Waals surface area contributed by atoms with E-state index in [9.17, 15) is 9.59 Å². The highest BCUT2D eigenvalue weighted by Gasteiger charge is 2.32. The van der Waals surface area contributed by atoms with Crippen molar-refractivity contribution in [2.75, 3.05) is 6.54 Å². The number of ether oxygens (including phenoxy) is 1. The second-order valence-electron chi connectivity index (χ2n) is 5.69. The average molecular weight is 309 g/mol. The quantitative estimate of drug-likeness (QED) is 0.680. The summed E-state index contributed by atoms with van der Waals surface area (Å²) < 4.78 is 5.40. The number of benzene rings is 2. The van der Waals surface area contributed by atoms with Crippen LogP contribution >= 0.6 is 0 Å². The number of carbonyl (C=O) groups is 2. The molecule has 2 aromatic rings. The van der Waals surface area contributed by atoms with Crippen LogP contribution in [0.1, 0.15) is 47.0 Å². The van der Waals surface area contributed by atoms with Crippen LogP contribution in [0.5, 0.6) is 0 Å². The first-order valence-corrected chi connectivity index (χ1v) is 7.73. The van der Waals surface area contributed by atoms with Gasteiger partial charge in [-0.3, -0.25) is 9.59 Å². The predicted molar refractivity (Wildman–Crippen MR) is 87.1 cm³/mol. The van der Waals surface area contributed by atoms with Gasteiger partial charge < -0.3 is 10.1 Å². The highest BCUT2D eigenvalue weighted by Crippen LogP contribution is 2.40. The maximum atomic E-state index is 12.2. The first kappa shape index (κ1) is 15.4. The molecule has 0 unspecified atom stereocenters. The molecule has 23 heavy (non-hydrogen) atoms. The van der Waals surface area contributed by atoms with Crippen LogP contribution in [0.3, 0.4) is 0 Å². The summed E-state index contributed by atoms with van der Waals surface area (Å²) in [6.45, 7) is 1.68. The van der Waals surface area contributed by atoms with Crippen molar-refractivity contribution in [1.82, 2.24) is 5.32 Å². The Kier molecular flexibility index (Phi) is 4.53. The van der Waals surface area contributed by atoms with Gasteiger partial charge >= 0.3 is 5.97 Å². The Morgan fingerprint density at radius 3 is 2.39 bits per heavy atom. The van der Waals surface area contributed by atoms with Gasteiger partial charge in [-0.05, 0) is 11.1 Å². The fourth-order valence-electron chi connectivity index (χ4n) is 3.04. The molecule has 0 aliphatic heterocycles. The van der Waals surface area contributed by atoms with Crippen molar-refractivity contribution in [3.8, 4) is 0 Å². The summed E-state index contributed by atoms with van der Waals surface area (Å²) in [5, 5.41) is 3.30. The minimum Gasteiger partial charge on any atom is -0.458 e. The second-order valence-corrected chi connectivity index (χ2v) is 5.69. The molecular weight excluding hydrogens is 290 g/mol. The van der Waals surface area contributed by atoms with Gasteiger partial charge in [0, 0.05) is 24.9 Å². The molecule has 4 nitrogen and oxygen atoms in total. The van der Waals surface area contributed by atoms with Crippen LogP contribution in [-0.2, 0) is 9.53 Å². The van der Waals surface area contributed by atoms with E-state index < -0.39 is 0 Å². The largest absolute Gasteiger partial charge is 0.458 e. The molecule has 0 aromatic heterocycles. The summed E-state index contributed by atoms with van der Waals surface area (Å²) in [7, 11) is 0. The molecule has 2 aromatic carbocycles. The normalized spacial score (nSPS) is 19.2. The molecule has 0 saturated carbocycles. The van der Waals surface area contributed by atoms with Crippen LogP contribution in [0, 0.1) is 0 Å². The van der Waals surface area contributed by atoms with Gasteiger partial charge in [0.15, 0.2) is 5.78 Å². The van der Waals surface area contributed by atoms with Crippen molar-refractivity contribution in [2.24, 2.45) is 0 Å². The molecule has 0 amide bonds. The zero-order chi connectivity index (χ0) is 16.2. The van der Waals surface area contributed by atoms with Crippen LogP contribution in [0.15, 0.2) is 54.6 Å². The maximum absolute atomic E-state index is 12.2. The first-order chi connectivity index (χ1) is 11.1. The van der Waals surface area contributed by atoms with E-state index in [-0.39, 0.29) is 30.4 Å². The number of hydrogen-bond donors (Lipinski definition) is 1. The fourth-order valence-corrected chi connectivity index (χ4v) is 3.04. The Labute approximate surface area is 135 Å². The summed E-state index contributed by atoms with van der Waals surface area (Å²) >= 11 is 0. The molecule has 1 N–H and O–H groups in total. The average Bonchev–Trinajstić information content (AvgIpc) is 2.91. The van der Waals surface area contributed by atoms with Crippen molar-refractivity contribution >= 4 is 11.8 Å². The third-order valence-electron chi connectivity index (χ3n) is 4.08. The predicted octanol–water partition coefficient (Wildman–Crippen LogP) is 3.21. The monoisotopic (exact) mass is 309 g/mol. The van der Waals surface area contributed by atoms with E-state index in [1.165, 1.54) is 6.92 Å². The van der Waals surface area contributed by atoms with Crippen LogP contribution < -0.4 is 5.32 Å². The molecule has 2 atom stereocenters. The molecule has 118 valence electrons. The third kappa shape index (κ3) is 3.48. The lowest BCUT2D eigenvalue weighted by Crippen LogP contribution is -2.26. The maximum Gasteiger partial charge on any atom is 0.303 e. The minimum atomic E-state index is -0.286. The fraction of sp³-hybridized carbons (Fsp3) is 0.263. The van der Waals surface area contributed by atoms with E-state index in [2.05, 4.69) is 5.32 Å². The third-order valence-corrected chi connectivity index (χ3v) is 4.08. The van der Waals surface area contributed by atoms with Crippen molar-refractivity contribution < 1.29 is 14.3 Å². The Morgan fingerprint density at radius 2 is 1.70 bits per heavy atom. The molecule has 0 bridgehead atoms. The number of ketones is 1. The van der Waals surface area contributed by atoms with Crippen molar-refractivity contribution in [1.29, 1.82) is 0 Å². The van der Waals surface area contributed by atoms with Crippen LogP contribution in [0.25, 0.3) is 0 Å². The van der Waals surface area contributed by atoms with E-state index in [1.54, 1.807) is 0 Å². The molecule has 1 aliphatic carbocycles. The van der Waals surface area contributed by atoms with Crippen LogP contribution in [-0.4, -0.2) is 18.3 Å². The standard InChI is InChI=1S/C19H19NO3/c1-13(21)23-19-11-17(15-9-5-6-10-16(15)19)20-12-18(22)14-7-3-2-4-8-14/h2-10,17,19-20H,11-12H2,1H3/t17-,19+/m0/s1. The highest BCUT2D eigenvalue weighted by atomic mass is 16.5. The molecule has 3 rings (SSSR count). The van der Waals surface area contributed by atoms with Gasteiger partial charge in [0.05, 0.1) is 6.54 Å². The van der Waals surface area contributed by atoms with Gasteiger partial charge in [-0.2, -0.15) is 0 Å². The Balaban J connectivity index is 1.69. The number of nitrogens with one attached hydrogen (secondary N) is 1. The lowest BCUT2D eigenvalue weighted by molar-refractivity contribution is -0.146. The number of fused-ring (bicyclic) bond motifs is 1. The topological polar surface area (TPSA) is 55.4 Å². The SMILES string of the molecule is CC(=O)O[C@@H]1C[C@H](NCC(=O)c2ccccc2)c2ccccc21. The van der Waals surface area contributed by atoms with Crippen molar-refractivity contribution in [3.63, 3.8) is 0 Å². The summed E-state index contributed by atoms with van der Waals surface area (Å²) in [4.78, 5) is 23.5. The van der Waals surface area contributed by atoms with E-state index in [0.29, 0.717) is 12.0 Å².